The quantitative estimate of drug-likeness (QED) is 0.281. The first kappa shape index (κ1) is 25.1. The molecule has 188 valence electrons. The van der Waals surface area contributed by atoms with Gasteiger partial charge in [0.1, 0.15) is 24.1 Å². The first-order chi connectivity index (χ1) is 17.7. The van der Waals surface area contributed by atoms with E-state index in [1.165, 1.54) is 24.8 Å². The van der Waals surface area contributed by atoms with E-state index in [-0.39, 0.29) is 12.0 Å². The minimum Gasteiger partial charge on any atom is -0.292 e. The number of alkyl halides is 1. The van der Waals surface area contributed by atoms with Gasteiger partial charge in [0.15, 0.2) is 0 Å². The monoisotopic (exact) mass is 517 g/mol. The predicted octanol–water partition coefficient (Wildman–Crippen LogP) is 6.48. The third kappa shape index (κ3) is 5.27. The van der Waals surface area contributed by atoms with E-state index >= 15 is 4.39 Å². The van der Waals surface area contributed by atoms with Crippen LogP contribution in [-0.4, -0.2) is 38.4 Å². The van der Waals surface area contributed by atoms with Gasteiger partial charge in [-0.1, -0.05) is 35.9 Å². The van der Waals surface area contributed by atoms with Gasteiger partial charge in [0.25, 0.3) is 0 Å². The molecule has 8 heteroatoms. The van der Waals surface area contributed by atoms with Crippen LogP contribution in [-0.2, 0) is 0 Å². The summed E-state index contributed by atoms with van der Waals surface area (Å²) in [6.07, 6.45) is 2.98. The van der Waals surface area contributed by atoms with Gasteiger partial charge < -0.3 is 0 Å². The molecule has 1 aromatic heterocycles. The molecule has 2 atom stereocenters. The first-order valence-corrected chi connectivity index (χ1v) is 12.4. The van der Waals surface area contributed by atoms with E-state index in [1.807, 2.05) is 48.5 Å². The third-order valence-corrected chi connectivity index (χ3v) is 7.26. The van der Waals surface area contributed by atoms with Crippen LogP contribution in [0.2, 0.25) is 5.02 Å². The van der Waals surface area contributed by atoms with Crippen LogP contribution in [0, 0.1) is 23.1 Å². The van der Waals surface area contributed by atoms with E-state index in [9.17, 15) is 9.65 Å². The fourth-order valence-corrected chi connectivity index (χ4v) is 5.62. The van der Waals surface area contributed by atoms with Crippen LogP contribution in [0.15, 0.2) is 79.4 Å². The van der Waals surface area contributed by atoms with Gasteiger partial charge in [0.05, 0.1) is 23.4 Å². The molecule has 2 heterocycles. The maximum Gasteiger partial charge on any atom is 0.125 e. The summed E-state index contributed by atoms with van der Waals surface area (Å²) in [6, 6.07) is 21.9. The maximum absolute atomic E-state index is 15.7. The number of likely N-dealkylation sites (tertiary alicyclic amines) is 1. The van der Waals surface area contributed by atoms with Crippen molar-refractivity contribution in [2.45, 2.75) is 31.5 Å². The summed E-state index contributed by atoms with van der Waals surface area (Å²) in [7, 11) is 0. The van der Waals surface area contributed by atoms with Crippen LogP contribution in [0.25, 0.3) is 5.69 Å². The number of halogens is 3. The number of hydrogen-bond acceptors (Lipinski definition) is 4. The van der Waals surface area contributed by atoms with Crippen molar-refractivity contribution in [3.63, 3.8) is 0 Å². The second kappa shape index (κ2) is 10.0. The molecule has 0 bridgehead atoms. The molecule has 4 aromatic rings. The molecule has 1 aliphatic heterocycles. The van der Waals surface area contributed by atoms with Gasteiger partial charge in [0.2, 0.25) is 0 Å². The van der Waals surface area contributed by atoms with E-state index in [0.717, 1.165) is 11.1 Å². The van der Waals surface area contributed by atoms with Gasteiger partial charge in [-0.25, -0.2) is 8.78 Å². The van der Waals surface area contributed by atoms with Crippen LogP contribution < -0.4 is 0 Å². The number of nitriles is 1. The number of aromatic nitrogens is 3. The average molecular weight is 518 g/mol. The van der Waals surface area contributed by atoms with E-state index < -0.39 is 17.4 Å². The molecular formula is C29H26ClF2N5. The molecule has 5 rings (SSSR count). The topological polar surface area (TPSA) is 57.7 Å². The van der Waals surface area contributed by atoms with Crippen molar-refractivity contribution in [2.24, 2.45) is 5.92 Å². The Bertz CT molecular complexity index is 1420. The van der Waals surface area contributed by atoms with E-state index in [4.69, 9.17) is 11.6 Å². The second-order valence-electron chi connectivity index (χ2n) is 10.1. The summed E-state index contributed by atoms with van der Waals surface area (Å²) in [5.41, 5.74) is 2.18. The third-order valence-electron chi connectivity index (χ3n) is 7.01. The lowest BCUT2D eigenvalue weighted by atomic mass is 9.72. The van der Waals surface area contributed by atoms with Crippen molar-refractivity contribution in [3.8, 4) is 11.8 Å². The molecule has 1 fully saturated rings. The Labute approximate surface area is 219 Å². The first-order valence-electron chi connectivity index (χ1n) is 12.1. The summed E-state index contributed by atoms with van der Waals surface area (Å²) in [5, 5.41) is 17.7. The Balaban J connectivity index is 1.47. The highest BCUT2D eigenvalue weighted by Gasteiger charge is 2.45. The molecule has 0 aliphatic carbocycles. The molecule has 0 N–H and O–H groups in total. The summed E-state index contributed by atoms with van der Waals surface area (Å²) >= 11 is 6.14. The van der Waals surface area contributed by atoms with Crippen molar-refractivity contribution in [1.29, 1.82) is 5.26 Å². The Hall–Kier alpha value is -3.60. The Morgan fingerprint density at radius 2 is 1.68 bits per heavy atom. The average Bonchev–Trinajstić information content (AvgIpc) is 3.38. The van der Waals surface area contributed by atoms with E-state index in [0.29, 0.717) is 34.9 Å². The fourth-order valence-electron chi connectivity index (χ4n) is 5.50. The number of nitrogens with zero attached hydrogens (tertiary/aromatic N) is 5. The highest BCUT2D eigenvalue weighted by Crippen LogP contribution is 2.46. The molecule has 37 heavy (non-hydrogen) atoms. The zero-order chi connectivity index (χ0) is 26.2. The molecular weight excluding hydrogens is 492 g/mol. The molecule has 0 radical (unpaired) electrons. The second-order valence-corrected chi connectivity index (χ2v) is 10.5. The van der Waals surface area contributed by atoms with Gasteiger partial charge in [-0.05, 0) is 78.9 Å². The van der Waals surface area contributed by atoms with Crippen molar-refractivity contribution < 1.29 is 8.78 Å². The molecule has 0 saturated carbocycles. The summed E-state index contributed by atoms with van der Waals surface area (Å²) < 4.78 is 32.0. The lowest BCUT2D eigenvalue weighted by Crippen LogP contribution is -2.53. The molecule has 0 amide bonds. The fraction of sp³-hybridized carbons (Fsp3) is 0.276. The minimum absolute atomic E-state index is 0.0375. The Morgan fingerprint density at radius 1 is 0.973 bits per heavy atom. The van der Waals surface area contributed by atoms with Gasteiger partial charge >= 0.3 is 0 Å². The largest absolute Gasteiger partial charge is 0.292 e. The smallest absolute Gasteiger partial charge is 0.125 e. The van der Waals surface area contributed by atoms with Crippen molar-refractivity contribution >= 4 is 11.6 Å². The molecule has 3 aromatic carbocycles. The van der Waals surface area contributed by atoms with E-state index in [2.05, 4.69) is 21.2 Å². The standard InChI is InChI=1S/C29H26ClF2N5/c1-29(2,32)27(22-11-25(31)13-26(12-22)37-17-34-35-18-37)23-15-36(16-23)28(20-6-8-24(30)9-7-20)21-5-3-4-19(10-21)14-33/h3-13,17-18,23,27-28H,15-16H2,1-2H3/t27-,28?/m0/s1. The minimum atomic E-state index is -1.58. The molecule has 1 saturated heterocycles. The lowest BCUT2D eigenvalue weighted by Gasteiger charge is -2.50. The van der Waals surface area contributed by atoms with E-state index in [1.54, 1.807) is 24.5 Å². The van der Waals surface area contributed by atoms with Crippen LogP contribution in [0.1, 0.15) is 48.1 Å². The van der Waals surface area contributed by atoms with Crippen LogP contribution in [0.4, 0.5) is 8.78 Å². The maximum atomic E-state index is 15.7. The normalized spacial score (nSPS) is 16.1. The molecule has 0 spiro atoms. The zero-order valence-electron chi connectivity index (χ0n) is 20.5. The number of rotatable bonds is 7. The SMILES string of the molecule is CC(C)(F)[C@@H](c1cc(F)cc(-n2cnnc2)c1)C1CN(C(c2ccc(Cl)cc2)c2cccc(C#N)c2)C1. The molecule has 5 nitrogen and oxygen atoms in total. The predicted molar refractivity (Wildman–Crippen MR) is 139 cm³/mol. The van der Waals surface area contributed by atoms with Crippen LogP contribution >= 0.6 is 11.6 Å². The summed E-state index contributed by atoms with van der Waals surface area (Å²) in [6.45, 7) is 4.33. The van der Waals surface area contributed by atoms with Gasteiger partial charge in [-0.3, -0.25) is 9.47 Å². The Kier molecular flexibility index (Phi) is 6.80. The molecule has 1 unspecified atom stereocenters. The number of hydrogen-bond donors (Lipinski definition) is 0. The Morgan fingerprint density at radius 3 is 2.32 bits per heavy atom. The zero-order valence-corrected chi connectivity index (χ0v) is 21.3. The van der Waals surface area contributed by atoms with Gasteiger partial charge in [-0.2, -0.15) is 5.26 Å². The molecule has 1 aliphatic rings. The van der Waals surface area contributed by atoms with Crippen LogP contribution in [0.5, 0.6) is 0 Å². The van der Waals surface area contributed by atoms with Crippen molar-refractivity contribution in [1.82, 2.24) is 19.7 Å². The highest BCUT2D eigenvalue weighted by molar-refractivity contribution is 6.30. The van der Waals surface area contributed by atoms with Crippen molar-refractivity contribution in [3.05, 3.63) is 112 Å². The highest BCUT2D eigenvalue weighted by atomic mass is 35.5. The van der Waals surface area contributed by atoms with Crippen LogP contribution in [0.3, 0.4) is 0 Å². The van der Waals surface area contributed by atoms with Crippen molar-refractivity contribution in [2.75, 3.05) is 13.1 Å². The summed E-state index contributed by atoms with van der Waals surface area (Å²) in [5.74, 6) is -0.991. The van der Waals surface area contributed by atoms with Gasteiger partial charge in [0, 0.05) is 24.0 Å². The van der Waals surface area contributed by atoms with Gasteiger partial charge in [-0.15, -0.1) is 10.2 Å². The summed E-state index contributed by atoms with van der Waals surface area (Å²) in [4.78, 5) is 2.27. The lowest BCUT2D eigenvalue weighted by molar-refractivity contribution is 0.00813. The number of benzene rings is 3.